The Hall–Kier alpha value is -2.45. The van der Waals surface area contributed by atoms with Gasteiger partial charge in [0.2, 0.25) is 17.7 Å². The summed E-state index contributed by atoms with van der Waals surface area (Å²) in [6, 6.07) is 9.56. The Bertz CT molecular complexity index is 1180. The number of likely N-dealkylation sites (tertiary alicyclic amines) is 1. The molecule has 0 aliphatic carbocycles. The van der Waals surface area contributed by atoms with Gasteiger partial charge in [-0.25, -0.2) is 0 Å². The molecule has 0 saturated carbocycles. The maximum atomic E-state index is 13.7. The van der Waals surface area contributed by atoms with Crippen molar-refractivity contribution >= 4 is 46.6 Å². The lowest BCUT2D eigenvalue weighted by atomic mass is 9.76. The third-order valence-electron chi connectivity index (χ3n) is 6.82. The Morgan fingerprint density at radius 3 is 2.56 bits per heavy atom. The predicted octanol–water partition coefficient (Wildman–Crippen LogP) is 2.60. The van der Waals surface area contributed by atoms with Crippen molar-refractivity contribution in [3.05, 3.63) is 63.1 Å². The number of carbonyl (C=O) groups excluding carboxylic acids is 3. The molecule has 5 atom stereocenters. The first-order valence-electron chi connectivity index (χ1n) is 10.3. The normalized spacial score (nSPS) is 29.5. The number of nitrogens with one attached hydrogen (secondary N) is 2. The second-order valence-electron chi connectivity index (χ2n) is 8.68. The van der Waals surface area contributed by atoms with E-state index in [4.69, 9.17) is 23.2 Å². The molecule has 5 rings (SSSR count). The number of halogens is 2. The maximum Gasteiger partial charge on any atom is 0.250 e. The summed E-state index contributed by atoms with van der Waals surface area (Å²) in [5.74, 6) is -3.26. The number of aliphatic hydroxyl groups is 1. The number of aliphatic hydroxyl groups excluding tert-OH is 1. The first-order chi connectivity index (χ1) is 15.2. The number of hydrogen-bond acceptors (Lipinski definition) is 5. The lowest BCUT2D eigenvalue weighted by Gasteiger charge is -2.30. The van der Waals surface area contributed by atoms with Crippen molar-refractivity contribution in [2.75, 3.05) is 5.32 Å². The van der Waals surface area contributed by atoms with Gasteiger partial charge in [0, 0.05) is 27.3 Å². The van der Waals surface area contributed by atoms with Crippen molar-refractivity contribution in [2.24, 2.45) is 11.8 Å². The molecule has 2 saturated heterocycles. The van der Waals surface area contributed by atoms with E-state index in [2.05, 4.69) is 10.6 Å². The van der Waals surface area contributed by atoms with Crippen LogP contribution in [0.25, 0.3) is 0 Å². The molecule has 3 N–H and O–H groups in total. The zero-order valence-corrected chi connectivity index (χ0v) is 18.9. The molecule has 7 nitrogen and oxygen atoms in total. The Labute approximate surface area is 194 Å². The summed E-state index contributed by atoms with van der Waals surface area (Å²) in [7, 11) is 0. The Morgan fingerprint density at radius 1 is 1.16 bits per heavy atom. The number of benzene rings is 2. The third kappa shape index (κ3) is 2.78. The molecule has 0 aromatic heterocycles. The number of imide groups is 1. The molecule has 1 spiro atoms. The summed E-state index contributed by atoms with van der Waals surface area (Å²) in [6.07, 6.45) is -0.976. The van der Waals surface area contributed by atoms with Crippen LogP contribution >= 0.6 is 23.2 Å². The molecule has 3 aliphatic heterocycles. The number of fused-ring (bicyclic) bond motifs is 4. The van der Waals surface area contributed by atoms with Crippen molar-refractivity contribution in [2.45, 2.75) is 38.1 Å². The SMILES string of the molecule is Cc1cc(Cl)cc2c1NC(=O)[C@@]21N[C@H]([C@@H](C)O)[C@H]2C(=O)N(Cc3ccccc3Cl)C(=O)[C@H]21. The van der Waals surface area contributed by atoms with Crippen molar-refractivity contribution in [1.82, 2.24) is 10.2 Å². The van der Waals surface area contributed by atoms with Crippen molar-refractivity contribution in [3.8, 4) is 0 Å². The lowest BCUT2D eigenvalue weighted by molar-refractivity contribution is -0.143. The van der Waals surface area contributed by atoms with Gasteiger partial charge >= 0.3 is 0 Å². The van der Waals surface area contributed by atoms with Gasteiger partial charge in [0.1, 0.15) is 5.54 Å². The molecular formula is C23H21Cl2N3O4. The van der Waals surface area contributed by atoms with Crippen molar-refractivity contribution in [3.63, 3.8) is 0 Å². The number of nitrogens with zero attached hydrogens (tertiary/aromatic N) is 1. The molecule has 3 heterocycles. The van der Waals surface area contributed by atoms with Gasteiger partial charge < -0.3 is 10.4 Å². The number of aryl methyl sites for hydroxylation is 1. The van der Waals surface area contributed by atoms with Crippen LogP contribution in [0, 0.1) is 18.8 Å². The van der Waals surface area contributed by atoms with Gasteiger partial charge in [-0.2, -0.15) is 0 Å². The highest BCUT2D eigenvalue weighted by Gasteiger charge is 2.71. The van der Waals surface area contributed by atoms with E-state index in [1.807, 2.05) is 6.92 Å². The van der Waals surface area contributed by atoms with Crippen LogP contribution in [0.2, 0.25) is 10.0 Å². The highest BCUT2D eigenvalue weighted by Crippen LogP contribution is 2.54. The average Bonchev–Trinajstić information content (AvgIpc) is 3.31. The zero-order chi connectivity index (χ0) is 22.9. The first-order valence-corrected chi connectivity index (χ1v) is 11.1. The van der Waals surface area contributed by atoms with Gasteiger partial charge in [0.15, 0.2) is 0 Å². The molecule has 0 unspecified atom stereocenters. The van der Waals surface area contributed by atoms with Crippen molar-refractivity contribution < 1.29 is 19.5 Å². The van der Waals surface area contributed by atoms with Crippen molar-refractivity contribution in [1.29, 1.82) is 0 Å². The van der Waals surface area contributed by atoms with E-state index in [0.29, 0.717) is 26.9 Å². The van der Waals surface area contributed by atoms with Crippen LogP contribution in [-0.4, -0.2) is 39.9 Å². The molecule has 3 aliphatic rings. The van der Waals surface area contributed by atoms with E-state index in [9.17, 15) is 19.5 Å². The largest absolute Gasteiger partial charge is 0.392 e. The summed E-state index contributed by atoms with van der Waals surface area (Å²) >= 11 is 12.6. The molecule has 2 fully saturated rings. The predicted molar refractivity (Wildman–Crippen MR) is 119 cm³/mol. The minimum absolute atomic E-state index is 0.00397. The second-order valence-corrected chi connectivity index (χ2v) is 9.52. The minimum Gasteiger partial charge on any atom is -0.392 e. The van der Waals surface area contributed by atoms with Gasteiger partial charge in [-0.15, -0.1) is 0 Å². The molecule has 2 aromatic rings. The number of carbonyl (C=O) groups is 3. The first kappa shape index (κ1) is 21.4. The van der Waals surface area contributed by atoms with E-state index in [1.165, 1.54) is 0 Å². The highest BCUT2D eigenvalue weighted by molar-refractivity contribution is 6.31. The van der Waals surface area contributed by atoms with Crippen LogP contribution in [0.15, 0.2) is 36.4 Å². The molecule has 0 radical (unpaired) electrons. The average molecular weight is 474 g/mol. The van der Waals surface area contributed by atoms with Crippen LogP contribution in [0.3, 0.4) is 0 Å². The number of rotatable bonds is 3. The monoisotopic (exact) mass is 473 g/mol. The van der Waals surface area contributed by atoms with Gasteiger partial charge in [0.05, 0.1) is 24.5 Å². The summed E-state index contributed by atoms with van der Waals surface area (Å²) in [5.41, 5.74) is 0.968. The summed E-state index contributed by atoms with van der Waals surface area (Å²) in [5, 5.41) is 17.4. The molecule has 2 aromatic carbocycles. The van der Waals surface area contributed by atoms with Gasteiger partial charge in [-0.3, -0.25) is 24.6 Å². The molecular weight excluding hydrogens is 453 g/mol. The molecule has 32 heavy (non-hydrogen) atoms. The summed E-state index contributed by atoms with van der Waals surface area (Å²) in [4.78, 5) is 41.7. The standard InChI is InChI=1S/C23H21Cl2N3O4/c1-10-7-13(24)8-14-18(10)26-22(32)23(14)17-16(19(27-23)11(2)29)20(30)28(21(17)31)9-12-5-3-4-6-15(12)25/h3-8,11,16-17,19,27,29H,9H2,1-2H3,(H,26,32)/t11-,16+,17+,19-,23-/m1/s1. The van der Waals surface area contributed by atoms with E-state index in [-0.39, 0.29) is 6.54 Å². The zero-order valence-electron chi connectivity index (χ0n) is 17.4. The molecule has 3 amide bonds. The fourth-order valence-electron chi connectivity index (χ4n) is 5.39. The molecule has 9 heteroatoms. The van der Waals surface area contributed by atoms with Gasteiger partial charge in [-0.05, 0) is 43.2 Å². The van der Waals surface area contributed by atoms with Crippen LogP contribution in [0.5, 0.6) is 0 Å². The van der Waals surface area contributed by atoms with Crippen LogP contribution in [-0.2, 0) is 26.5 Å². The smallest absolute Gasteiger partial charge is 0.250 e. The number of hydrogen-bond donors (Lipinski definition) is 3. The molecule has 166 valence electrons. The second kappa shape index (κ2) is 7.28. The fraction of sp³-hybridized carbons (Fsp3) is 0.348. The van der Waals surface area contributed by atoms with Gasteiger partial charge in [-0.1, -0.05) is 41.4 Å². The van der Waals surface area contributed by atoms with Gasteiger partial charge in [0.25, 0.3) is 0 Å². The summed E-state index contributed by atoms with van der Waals surface area (Å²) < 4.78 is 0. The number of anilines is 1. The third-order valence-corrected chi connectivity index (χ3v) is 7.40. The van der Waals surface area contributed by atoms with E-state index in [0.717, 1.165) is 10.5 Å². The Morgan fingerprint density at radius 2 is 1.88 bits per heavy atom. The van der Waals surface area contributed by atoms with E-state index < -0.39 is 47.2 Å². The Balaban J connectivity index is 1.65. The highest BCUT2D eigenvalue weighted by atomic mass is 35.5. The fourth-order valence-corrected chi connectivity index (χ4v) is 5.86. The quantitative estimate of drug-likeness (QED) is 0.595. The van der Waals surface area contributed by atoms with Crippen LogP contribution in [0.1, 0.15) is 23.6 Å². The summed E-state index contributed by atoms with van der Waals surface area (Å²) in [6.45, 7) is 3.35. The van der Waals surface area contributed by atoms with E-state index >= 15 is 0 Å². The maximum absolute atomic E-state index is 13.7. The number of amides is 3. The molecule has 0 bridgehead atoms. The van der Waals surface area contributed by atoms with E-state index in [1.54, 1.807) is 43.3 Å². The van der Waals surface area contributed by atoms with Crippen LogP contribution < -0.4 is 10.6 Å². The minimum atomic E-state index is -1.50. The lowest BCUT2D eigenvalue weighted by Crippen LogP contribution is -2.54. The Kier molecular flexibility index (Phi) is 4.87. The topological polar surface area (TPSA) is 98.7 Å². The van der Waals surface area contributed by atoms with Crippen LogP contribution in [0.4, 0.5) is 5.69 Å².